The van der Waals surface area contributed by atoms with Crippen LogP contribution in [0.15, 0.2) is 67.9 Å². The average molecular weight is 420 g/mol. The van der Waals surface area contributed by atoms with Crippen molar-refractivity contribution in [2.24, 2.45) is 0 Å². The van der Waals surface area contributed by atoms with Gasteiger partial charge in [-0.05, 0) is 48.2 Å². The first kappa shape index (κ1) is 15.6. The van der Waals surface area contributed by atoms with Crippen molar-refractivity contribution in [3.8, 4) is 11.5 Å². The van der Waals surface area contributed by atoms with Gasteiger partial charge in [0.05, 0.1) is 5.52 Å². The minimum absolute atomic E-state index is 0.407. The number of fused-ring (bicyclic) bond motifs is 1. The molecule has 0 aliphatic heterocycles. The summed E-state index contributed by atoms with van der Waals surface area (Å²) in [6.45, 7) is 0. The van der Waals surface area contributed by atoms with Crippen LogP contribution >= 0.6 is 39.3 Å². The Labute approximate surface area is 154 Å². The normalized spacial score (nSPS) is 11.1. The SMILES string of the molecule is Clc1cccc(-c2nnc(Sc3ncnc4ccc(Br)cc34)o2)c1. The van der Waals surface area contributed by atoms with E-state index in [0.717, 1.165) is 26.0 Å². The quantitative estimate of drug-likeness (QED) is 0.423. The van der Waals surface area contributed by atoms with E-state index in [9.17, 15) is 0 Å². The second-order valence-corrected chi connectivity index (χ2v) is 7.12. The van der Waals surface area contributed by atoms with Crippen LogP contribution in [0.1, 0.15) is 0 Å². The van der Waals surface area contributed by atoms with Crippen LogP contribution < -0.4 is 0 Å². The maximum Gasteiger partial charge on any atom is 0.283 e. The third-order valence-corrected chi connectivity index (χ3v) is 4.81. The molecule has 0 amide bonds. The highest BCUT2D eigenvalue weighted by Gasteiger charge is 2.13. The van der Waals surface area contributed by atoms with Gasteiger partial charge < -0.3 is 4.42 Å². The van der Waals surface area contributed by atoms with Gasteiger partial charge in [0, 0.05) is 20.4 Å². The predicted octanol–water partition coefficient (Wildman–Crippen LogP) is 5.25. The van der Waals surface area contributed by atoms with Crippen molar-refractivity contribution in [2.45, 2.75) is 10.2 Å². The fraction of sp³-hybridized carbons (Fsp3) is 0. The molecule has 0 bridgehead atoms. The zero-order valence-electron chi connectivity index (χ0n) is 12.0. The Kier molecular flexibility index (Phi) is 4.22. The van der Waals surface area contributed by atoms with E-state index < -0.39 is 0 Å². The van der Waals surface area contributed by atoms with E-state index in [1.807, 2.05) is 30.3 Å². The van der Waals surface area contributed by atoms with Gasteiger partial charge in [0.1, 0.15) is 11.4 Å². The zero-order chi connectivity index (χ0) is 16.5. The molecule has 4 aromatic rings. The number of halogens is 2. The first-order chi connectivity index (χ1) is 11.7. The molecule has 0 saturated heterocycles. The summed E-state index contributed by atoms with van der Waals surface area (Å²) in [5.74, 6) is 0.416. The molecule has 0 saturated carbocycles. The lowest BCUT2D eigenvalue weighted by atomic mass is 10.2. The van der Waals surface area contributed by atoms with E-state index >= 15 is 0 Å². The number of benzene rings is 2. The molecular formula is C16H8BrClN4OS. The Morgan fingerprint density at radius 2 is 1.96 bits per heavy atom. The van der Waals surface area contributed by atoms with E-state index in [0.29, 0.717) is 16.1 Å². The monoisotopic (exact) mass is 418 g/mol. The fourth-order valence-electron chi connectivity index (χ4n) is 2.16. The highest BCUT2D eigenvalue weighted by molar-refractivity contribution is 9.10. The van der Waals surface area contributed by atoms with Crippen LogP contribution in [-0.2, 0) is 0 Å². The van der Waals surface area contributed by atoms with E-state index in [1.54, 1.807) is 12.1 Å². The Hall–Kier alpha value is -1.96. The Bertz CT molecular complexity index is 1040. The molecule has 118 valence electrons. The van der Waals surface area contributed by atoms with Crippen molar-refractivity contribution in [1.82, 2.24) is 20.2 Å². The summed E-state index contributed by atoms with van der Waals surface area (Å²) in [6, 6.07) is 13.1. The van der Waals surface area contributed by atoms with Gasteiger partial charge in [-0.2, -0.15) is 0 Å². The molecule has 4 rings (SSSR count). The van der Waals surface area contributed by atoms with Crippen LogP contribution in [0.5, 0.6) is 0 Å². The van der Waals surface area contributed by atoms with Crippen molar-refractivity contribution < 1.29 is 4.42 Å². The van der Waals surface area contributed by atoms with Gasteiger partial charge in [-0.3, -0.25) is 0 Å². The van der Waals surface area contributed by atoms with Crippen molar-refractivity contribution >= 4 is 50.2 Å². The average Bonchev–Trinajstić information content (AvgIpc) is 3.04. The topological polar surface area (TPSA) is 64.7 Å². The molecule has 0 unspecified atom stereocenters. The van der Waals surface area contributed by atoms with Crippen molar-refractivity contribution in [2.75, 3.05) is 0 Å². The van der Waals surface area contributed by atoms with Crippen molar-refractivity contribution in [3.63, 3.8) is 0 Å². The molecule has 0 radical (unpaired) electrons. The highest BCUT2D eigenvalue weighted by atomic mass is 79.9. The van der Waals surface area contributed by atoms with Gasteiger partial charge in [-0.15, -0.1) is 10.2 Å². The molecule has 5 nitrogen and oxygen atoms in total. The number of hydrogen-bond acceptors (Lipinski definition) is 6. The molecule has 0 atom stereocenters. The van der Waals surface area contributed by atoms with Crippen molar-refractivity contribution in [3.05, 3.63) is 58.3 Å². The van der Waals surface area contributed by atoms with Gasteiger partial charge in [0.15, 0.2) is 0 Å². The summed E-state index contributed by atoms with van der Waals surface area (Å²) in [7, 11) is 0. The second-order valence-electron chi connectivity index (χ2n) is 4.83. The van der Waals surface area contributed by atoms with Crippen LogP contribution in [0.2, 0.25) is 5.02 Å². The Morgan fingerprint density at radius 3 is 2.83 bits per heavy atom. The summed E-state index contributed by atoms with van der Waals surface area (Å²) in [5, 5.41) is 10.8. The van der Waals surface area contributed by atoms with Crippen LogP contribution in [-0.4, -0.2) is 20.2 Å². The Balaban J connectivity index is 1.68. The number of aromatic nitrogens is 4. The first-order valence-corrected chi connectivity index (χ1v) is 8.85. The smallest absolute Gasteiger partial charge is 0.283 e. The Morgan fingerprint density at radius 1 is 1.04 bits per heavy atom. The summed E-state index contributed by atoms with van der Waals surface area (Å²) in [4.78, 5) is 8.58. The van der Waals surface area contributed by atoms with Crippen LogP contribution in [0.4, 0.5) is 0 Å². The van der Waals surface area contributed by atoms with E-state index in [1.165, 1.54) is 18.1 Å². The molecule has 0 aliphatic rings. The molecule has 0 N–H and O–H groups in total. The summed E-state index contributed by atoms with van der Waals surface area (Å²) in [5.41, 5.74) is 1.63. The summed E-state index contributed by atoms with van der Waals surface area (Å²) in [6.07, 6.45) is 1.52. The van der Waals surface area contributed by atoms with Crippen molar-refractivity contribution in [1.29, 1.82) is 0 Å². The van der Waals surface area contributed by atoms with E-state index in [-0.39, 0.29) is 0 Å². The van der Waals surface area contributed by atoms with Crippen LogP contribution in [0, 0.1) is 0 Å². The maximum atomic E-state index is 6.00. The van der Waals surface area contributed by atoms with Gasteiger partial charge in [0.2, 0.25) is 5.89 Å². The molecule has 24 heavy (non-hydrogen) atoms. The third kappa shape index (κ3) is 3.15. The maximum absolute atomic E-state index is 6.00. The summed E-state index contributed by atoms with van der Waals surface area (Å²) >= 11 is 10.8. The molecule has 2 aromatic carbocycles. The largest absolute Gasteiger partial charge is 0.411 e. The lowest BCUT2D eigenvalue weighted by Gasteiger charge is -2.02. The third-order valence-electron chi connectivity index (χ3n) is 3.22. The molecule has 2 aromatic heterocycles. The van der Waals surface area contributed by atoms with Gasteiger partial charge in [-0.1, -0.05) is 33.6 Å². The lowest BCUT2D eigenvalue weighted by molar-refractivity contribution is 0.465. The minimum atomic E-state index is 0.407. The van der Waals surface area contributed by atoms with E-state index in [4.69, 9.17) is 16.0 Å². The van der Waals surface area contributed by atoms with Gasteiger partial charge >= 0.3 is 0 Å². The fourth-order valence-corrected chi connectivity index (χ4v) is 3.45. The minimum Gasteiger partial charge on any atom is -0.411 e. The van der Waals surface area contributed by atoms with Crippen LogP contribution in [0.25, 0.3) is 22.4 Å². The zero-order valence-corrected chi connectivity index (χ0v) is 15.1. The number of rotatable bonds is 3. The number of hydrogen-bond donors (Lipinski definition) is 0. The summed E-state index contributed by atoms with van der Waals surface area (Å²) < 4.78 is 6.67. The van der Waals surface area contributed by atoms with Gasteiger partial charge in [-0.25, -0.2) is 9.97 Å². The molecule has 0 fully saturated rings. The number of nitrogens with zero attached hydrogens (tertiary/aromatic N) is 4. The van der Waals surface area contributed by atoms with E-state index in [2.05, 4.69) is 36.1 Å². The molecule has 2 heterocycles. The van der Waals surface area contributed by atoms with Gasteiger partial charge in [0.25, 0.3) is 5.22 Å². The van der Waals surface area contributed by atoms with Crippen LogP contribution in [0.3, 0.4) is 0 Å². The molecular weight excluding hydrogens is 412 g/mol. The lowest BCUT2D eigenvalue weighted by Crippen LogP contribution is -1.87. The standard InChI is InChI=1S/C16H8BrClN4OS/c17-10-4-5-13-12(7-10)15(20-8-19-13)24-16-22-21-14(23-16)9-2-1-3-11(18)6-9/h1-8H. The molecule has 0 spiro atoms. The second kappa shape index (κ2) is 6.51. The highest BCUT2D eigenvalue weighted by Crippen LogP contribution is 2.33. The predicted molar refractivity (Wildman–Crippen MR) is 96.1 cm³/mol. The molecule has 0 aliphatic carbocycles. The first-order valence-electron chi connectivity index (χ1n) is 6.86. The molecule has 8 heteroatoms.